The molecule has 0 saturated heterocycles. The van der Waals surface area contributed by atoms with Gasteiger partial charge in [0.2, 0.25) is 0 Å². The summed E-state index contributed by atoms with van der Waals surface area (Å²) in [5.74, 6) is 0.870. The Balaban J connectivity index is 5.12. The first-order valence-electron chi connectivity index (χ1n) is 35.7. The second-order valence-electron chi connectivity index (χ2n) is 25.1. The van der Waals surface area contributed by atoms with E-state index in [1.807, 2.05) is 0 Å². The molecular weight excluding hydrogens is 1030 g/mol. The van der Waals surface area contributed by atoms with Gasteiger partial charge in [0.25, 0.3) is 10.2 Å². The van der Waals surface area contributed by atoms with Crippen LogP contribution in [0.5, 0.6) is 0 Å². The number of nitrogens with zero attached hydrogens (tertiary/aromatic N) is 2. The predicted molar refractivity (Wildman–Crippen MR) is 355 cm³/mol. The molecule has 0 aromatic heterocycles. The summed E-state index contributed by atoms with van der Waals surface area (Å²) in [6.45, 7) is 12.0. The summed E-state index contributed by atoms with van der Waals surface area (Å²) in [4.78, 5) is 30.7. The molecule has 10 heteroatoms. The van der Waals surface area contributed by atoms with Crippen LogP contribution in [0.1, 0.15) is 362 Å². The highest BCUT2D eigenvalue weighted by Crippen LogP contribution is 2.20. The van der Waals surface area contributed by atoms with Gasteiger partial charge in [-0.05, 0) is 25.7 Å². The van der Waals surface area contributed by atoms with Gasteiger partial charge in [0.15, 0.2) is 0 Å². The predicted octanol–water partition coefficient (Wildman–Crippen LogP) is 19.9. The van der Waals surface area contributed by atoms with Crippen LogP contribution in [0.3, 0.4) is 0 Å². The summed E-state index contributed by atoms with van der Waals surface area (Å²) in [6.07, 6.45) is 62.8. The first-order valence-corrected chi connectivity index (χ1v) is 37.6. The van der Waals surface area contributed by atoms with Crippen LogP contribution in [0.4, 0.5) is 0 Å². The van der Waals surface area contributed by atoms with Crippen LogP contribution in [0.25, 0.3) is 0 Å². The van der Waals surface area contributed by atoms with Gasteiger partial charge in [-0.1, -0.05) is 359 Å². The largest absolute Gasteiger partial charge is 0.392 e. The number of unbranched alkanes of at least 4 members (excludes halogenated alkanes) is 44. The third kappa shape index (κ3) is 59.5. The van der Waals surface area contributed by atoms with Crippen molar-refractivity contribution in [3.05, 3.63) is 0 Å². The zero-order chi connectivity index (χ0) is 58.5. The SMILES string of the molecule is CCCCCCCCCCCCCCC(O)CN(CCSC(=O)C(=O)SCCN(CC(O)CCCCCCCCCCCCCC)CC(O)CCCCCCCCCCCCCC)CC(O)CCCCCCCCCCCCCC. The van der Waals surface area contributed by atoms with Crippen LogP contribution in [0.15, 0.2) is 0 Å². The zero-order valence-corrected chi connectivity index (χ0v) is 55.7. The molecule has 478 valence electrons. The number of thioether (sulfide) groups is 2. The van der Waals surface area contributed by atoms with Crippen LogP contribution < -0.4 is 0 Å². The van der Waals surface area contributed by atoms with E-state index in [0.717, 1.165) is 101 Å². The normalized spacial score (nSPS) is 13.5. The van der Waals surface area contributed by atoms with Gasteiger partial charge in [0, 0.05) is 50.8 Å². The molecule has 0 saturated carbocycles. The monoisotopic (exact) mass is 1170 g/mol. The quantitative estimate of drug-likeness (QED) is 0.0346. The number of hydrogen-bond acceptors (Lipinski definition) is 10. The molecule has 0 heterocycles. The van der Waals surface area contributed by atoms with Crippen LogP contribution in [0.2, 0.25) is 0 Å². The Morgan fingerprint density at radius 1 is 0.263 bits per heavy atom. The second kappa shape index (κ2) is 64.8. The Morgan fingerprint density at radius 3 is 0.575 bits per heavy atom. The molecule has 0 spiro atoms. The maximum absolute atomic E-state index is 13.2. The number of carbonyl (C=O) groups excluding carboxylic acids is 2. The molecule has 0 amide bonds. The molecule has 0 aliphatic carbocycles. The van der Waals surface area contributed by atoms with Crippen molar-refractivity contribution in [1.29, 1.82) is 0 Å². The molecular formula is C70H140N2O6S2. The highest BCUT2D eigenvalue weighted by atomic mass is 32.2. The maximum Gasteiger partial charge on any atom is 0.266 e. The van der Waals surface area contributed by atoms with Crippen molar-refractivity contribution in [2.75, 3.05) is 50.8 Å². The van der Waals surface area contributed by atoms with E-state index in [1.54, 1.807) is 0 Å². The number of aliphatic hydroxyl groups excluding tert-OH is 4. The van der Waals surface area contributed by atoms with Crippen LogP contribution in [-0.2, 0) is 9.59 Å². The Kier molecular flexibility index (Phi) is 64.6. The van der Waals surface area contributed by atoms with E-state index in [9.17, 15) is 30.0 Å². The first kappa shape index (κ1) is 79.8. The van der Waals surface area contributed by atoms with E-state index in [4.69, 9.17) is 0 Å². The third-order valence-corrected chi connectivity index (χ3v) is 18.7. The summed E-state index contributed by atoms with van der Waals surface area (Å²) in [7, 11) is 0. The van der Waals surface area contributed by atoms with Crippen LogP contribution in [-0.4, -0.2) is 116 Å². The number of rotatable bonds is 66. The van der Waals surface area contributed by atoms with E-state index in [0.29, 0.717) is 50.8 Å². The Hall–Kier alpha value is -0.200. The lowest BCUT2D eigenvalue weighted by Gasteiger charge is -2.27. The molecule has 0 aromatic carbocycles. The van der Waals surface area contributed by atoms with Crippen molar-refractivity contribution >= 4 is 33.8 Å². The lowest BCUT2D eigenvalue weighted by Crippen LogP contribution is -2.39. The van der Waals surface area contributed by atoms with Gasteiger partial charge in [0.05, 0.1) is 24.4 Å². The number of carbonyl (C=O) groups is 2. The summed E-state index contributed by atoms with van der Waals surface area (Å²) in [6, 6.07) is 0. The van der Waals surface area contributed by atoms with Crippen molar-refractivity contribution in [1.82, 2.24) is 9.80 Å². The van der Waals surface area contributed by atoms with Crippen molar-refractivity contribution < 1.29 is 30.0 Å². The lowest BCUT2D eigenvalue weighted by atomic mass is 10.0. The average molecular weight is 1170 g/mol. The summed E-state index contributed by atoms with van der Waals surface area (Å²) >= 11 is 2.11. The first-order chi connectivity index (χ1) is 39.2. The molecule has 0 radical (unpaired) electrons. The fraction of sp³-hybridized carbons (Fsp3) is 0.971. The fourth-order valence-corrected chi connectivity index (χ4v) is 13.3. The molecule has 0 aliphatic heterocycles. The van der Waals surface area contributed by atoms with Crippen LogP contribution in [0, 0.1) is 0 Å². The number of aliphatic hydroxyl groups is 4. The van der Waals surface area contributed by atoms with E-state index in [2.05, 4.69) is 37.5 Å². The molecule has 4 N–H and O–H groups in total. The smallest absolute Gasteiger partial charge is 0.266 e. The third-order valence-electron chi connectivity index (χ3n) is 16.9. The van der Waals surface area contributed by atoms with Crippen molar-refractivity contribution in [2.24, 2.45) is 0 Å². The molecule has 4 unspecified atom stereocenters. The number of hydrogen-bond donors (Lipinski definition) is 4. The van der Waals surface area contributed by atoms with E-state index in [-0.39, 0.29) is 0 Å². The average Bonchev–Trinajstić information content (AvgIpc) is 3.44. The van der Waals surface area contributed by atoms with Crippen molar-refractivity contribution in [3.63, 3.8) is 0 Å². The van der Waals surface area contributed by atoms with Gasteiger partial charge in [-0.25, -0.2) is 0 Å². The molecule has 8 nitrogen and oxygen atoms in total. The van der Waals surface area contributed by atoms with Crippen molar-refractivity contribution in [3.8, 4) is 0 Å². The summed E-state index contributed by atoms with van der Waals surface area (Å²) in [5, 5.41) is 43.8. The van der Waals surface area contributed by atoms with Gasteiger partial charge < -0.3 is 20.4 Å². The Bertz CT molecular complexity index is 1090. The van der Waals surface area contributed by atoms with Gasteiger partial charge in [-0.2, -0.15) is 0 Å². The Morgan fingerprint density at radius 2 is 0.412 bits per heavy atom. The Labute approximate surface area is 507 Å². The van der Waals surface area contributed by atoms with Crippen molar-refractivity contribution in [2.45, 2.75) is 386 Å². The summed E-state index contributed by atoms with van der Waals surface area (Å²) in [5.41, 5.74) is 0. The molecule has 0 rings (SSSR count). The highest BCUT2D eigenvalue weighted by molar-refractivity contribution is 8.24. The molecule has 0 aromatic rings. The van der Waals surface area contributed by atoms with Gasteiger partial charge in [-0.15, -0.1) is 0 Å². The fourth-order valence-electron chi connectivity index (χ4n) is 11.6. The minimum absolute atomic E-state index is 0.435. The molecule has 0 aliphatic rings. The standard InChI is InChI=1S/C70H140N2O6S2/c1-5-9-13-17-21-25-29-33-37-41-45-49-53-65(73)61-71(62-66(74)54-50-46-42-38-34-30-26-22-18-14-10-6-2)57-59-79-69(77)70(78)80-60-58-72(63-67(75)55-51-47-43-39-35-31-27-23-19-15-11-7-3)64-68(76)56-52-48-44-40-36-32-28-24-20-16-12-8-4/h65-68,73-76H,5-64H2,1-4H3. The van der Waals surface area contributed by atoms with Crippen LogP contribution >= 0.6 is 23.5 Å². The zero-order valence-electron chi connectivity index (χ0n) is 54.1. The maximum atomic E-state index is 13.2. The van der Waals surface area contributed by atoms with E-state index >= 15 is 0 Å². The molecule has 0 fully saturated rings. The van der Waals surface area contributed by atoms with Gasteiger partial charge >= 0.3 is 0 Å². The van der Waals surface area contributed by atoms with E-state index < -0.39 is 34.6 Å². The highest BCUT2D eigenvalue weighted by Gasteiger charge is 2.21. The van der Waals surface area contributed by atoms with E-state index in [1.165, 1.54) is 257 Å². The van der Waals surface area contributed by atoms with Gasteiger partial charge in [0.1, 0.15) is 0 Å². The minimum atomic E-state index is -0.482. The lowest BCUT2D eigenvalue weighted by molar-refractivity contribution is -0.126. The summed E-state index contributed by atoms with van der Waals surface area (Å²) < 4.78 is 0. The molecule has 80 heavy (non-hydrogen) atoms. The van der Waals surface area contributed by atoms with Gasteiger partial charge in [-0.3, -0.25) is 19.4 Å². The molecule has 0 bridgehead atoms. The second-order valence-corrected chi connectivity index (χ2v) is 27.3. The molecule has 4 atom stereocenters. The topological polar surface area (TPSA) is 122 Å². The minimum Gasteiger partial charge on any atom is -0.392 e.